The highest BCUT2D eigenvalue weighted by molar-refractivity contribution is 6.09. The largest absolute Gasteiger partial charge is 0.311 e. The standard InChI is InChI=1S/C19H22N4O/c24-18(15-9-3-1-4-10-15)23-19(21-16-11-5-2-6-12-16)22-17-13-7-8-14-20-17/h1,3-4,7-10,13-14,16H,2,5-6,11-12H2,(H2,20,21,22,23,24). The molecule has 1 fully saturated rings. The van der Waals surface area contributed by atoms with Crippen molar-refractivity contribution in [3.05, 3.63) is 60.3 Å². The van der Waals surface area contributed by atoms with Crippen LogP contribution in [-0.2, 0) is 0 Å². The second-order valence-corrected chi connectivity index (χ2v) is 5.93. The van der Waals surface area contributed by atoms with Crippen LogP contribution in [0.25, 0.3) is 0 Å². The van der Waals surface area contributed by atoms with Gasteiger partial charge in [0.1, 0.15) is 5.82 Å². The average molecular weight is 322 g/mol. The molecule has 0 saturated heterocycles. The van der Waals surface area contributed by atoms with Crippen molar-refractivity contribution in [1.29, 1.82) is 0 Å². The Morgan fingerprint density at radius 3 is 2.46 bits per heavy atom. The van der Waals surface area contributed by atoms with E-state index < -0.39 is 0 Å². The van der Waals surface area contributed by atoms with Crippen molar-refractivity contribution < 1.29 is 4.79 Å². The number of rotatable bonds is 3. The number of carbonyl (C=O) groups is 1. The lowest BCUT2D eigenvalue weighted by molar-refractivity contribution is 0.0977. The number of amides is 1. The molecule has 3 rings (SSSR count). The number of nitrogens with zero attached hydrogens (tertiary/aromatic N) is 2. The summed E-state index contributed by atoms with van der Waals surface area (Å²) >= 11 is 0. The molecule has 0 aliphatic heterocycles. The monoisotopic (exact) mass is 322 g/mol. The smallest absolute Gasteiger partial charge is 0.257 e. The maximum Gasteiger partial charge on any atom is 0.257 e. The Hall–Kier alpha value is -2.69. The lowest BCUT2D eigenvalue weighted by Gasteiger charge is -2.20. The molecule has 0 atom stereocenters. The van der Waals surface area contributed by atoms with E-state index in [2.05, 4.69) is 15.6 Å². The molecule has 1 aromatic carbocycles. The first kappa shape index (κ1) is 16.2. The Labute approximate surface area is 142 Å². The Kier molecular flexibility index (Phi) is 5.56. The van der Waals surface area contributed by atoms with Gasteiger partial charge in [0, 0.05) is 11.8 Å². The van der Waals surface area contributed by atoms with Gasteiger partial charge in [0.15, 0.2) is 0 Å². The van der Waals surface area contributed by atoms with Gasteiger partial charge in [0.25, 0.3) is 5.91 Å². The minimum absolute atomic E-state index is 0.173. The molecule has 1 heterocycles. The molecular weight excluding hydrogens is 300 g/mol. The van der Waals surface area contributed by atoms with Gasteiger partial charge < -0.3 is 5.32 Å². The van der Waals surface area contributed by atoms with Gasteiger partial charge in [-0.2, -0.15) is 0 Å². The van der Waals surface area contributed by atoms with E-state index in [0.717, 1.165) is 12.8 Å². The molecule has 1 aliphatic carbocycles. The zero-order valence-corrected chi connectivity index (χ0v) is 13.6. The van der Waals surface area contributed by atoms with Crippen molar-refractivity contribution in [2.75, 3.05) is 5.32 Å². The Balaban J connectivity index is 1.76. The third kappa shape index (κ3) is 4.65. The lowest BCUT2D eigenvalue weighted by atomic mass is 9.96. The quantitative estimate of drug-likeness (QED) is 0.670. The van der Waals surface area contributed by atoms with Crippen LogP contribution in [0.2, 0.25) is 0 Å². The number of aliphatic imine (C=N–C) groups is 1. The highest BCUT2D eigenvalue weighted by Gasteiger charge is 2.15. The third-order valence-corrected chi connectivity index (χ3v) is 4.07. The van der Waals surface area contributed by atoms with E-state index in [4.69, 9.17) is 4.99 Å². The minimum Gasteiger partial charge on any atom is -0.311 e. The van der Waals surface area contributed by atoms with Crippen LogP contribution in [-0.4, -0.2) is 22.9 Å². The van der Waals surface area contributed by atoms with Crippen LogP contribution < -0.4 is 10.6 Å². The van der Waals surface area contributed by atoms with Gasteiger partial charge in [-0.15, -0.1) is 0 Å². The van der Waals surface area contributed by atoms with Gasteiger partial charge in [0.05, 0.1) is 6.04 Å². The first-order valence-corrected chi connectivity index (χ1v) is 8.43. The SMILES string of the molecule is O=C(NC(=NC1CCCCC1)Nc1ccccn1)c1ccccc1. The summed E-state index contributed by atoms with van der Waals surface area (Å²) in [5, 5.41) is 6.02. The van der Waals surface area contributed by atoms with Crippen molar-refractivity contribution in [2.45, 2.75) is 38.1 Å². The van der Waals surface area contributed by atoms with Crippen LogP contribution >= 0.6 is 0 Å². The molecule has 1 amide bonds. The molecule has 0 bridgehead atoms. The fourth-order valence-electron chi connectivity index (χ4n) is 2.82. The normalized spacial score (nSPS) is 15.8. The molecule has 1 aromatic heterocycles. The number of aromatic nitrogens is 1. The van der Waals surface area contributed by atoms with E-state index in [-0.39, 0.29) is 11.9 Å². The van der Waals surface area contributed by atoms with Crippen molar-refractivity contribution in [3.8, 4) is 0 Å². The molecule has 124 valence electrons. The Bertz CT molecular complexity index is 679. The van der Waals surface area contributed by atoms with Gasteiger partial charge in [-0.3, -0.25) is 10.1 Å². The van der Waals surface area contributed by atoms with E-state index >= 15 is 0 Å². The minimum atomic E-state index is -0.173. The molecular formula is C19H22N4O. The van der Waals surface area contributed by atoms with Gasteiger partial charge in [-0.25, -0.2) is 9.98 Å². The predicted octanol–water partition coefficient (Wildman–Crippen LogP) is 3.61. The molecule has 24 heavy (non-hydrogen) atoms. The third-order valence-electron chi connectivity index (χ3n) is 4.07. The molecule has 0 radical (unpaired) electrons. The van der Waals surface area contributed by atoms with Crippen LogP contribution in [0.1, 0.15) is 42.5 Å². The van der Waals surface area contributed by atoms with Gasteiger partial charge in [0.2, 0.25) is 5.96 Å². The maximum absolute atomic E-state index is 12.4. The van der Waals surface area contributed by atoms with E-state index in [1.54, 1.807) is 18.3 Å². The Morgan fingerprint density at radius 1 is 1.00 bits per heavy atom. The number of benzene rings is 1. The molecule has 1 saturated carbocycles. The van der Waals surface area contributed by atoms with Crippen LogP contribution in [0.4, 0.5) is 5.82 Å². The van der Waals surface area contributed by atoms with Crippen molar-refractivity contribution in [3.63, 3.8) is 0 Å². The Morgan fingerprint density at radius 2 is 1.75 bits per heavy atom. The first-order valence-electron chi connectivity index (χ1n) is 8.43. The van der Waals surface area contributed by atoms with E-state index in [1.165, 1.54) is 19.3 Å². The second-order valence-electron chi connectivity index (χ2n) is 5.93. The van der Waals surface area contributed by atoms with Crippen LogP contribution in [0.15, 0.2) is 59.7 Å². The van der Waals surface area contributed by atoms with Crippen molar-refractivity contribution in [1.82, 2.24) is 10.3 Å². The zero-order chi connectivity index (χ0) is 16.6. The van der Waals surface area contributed by atoms with Gasteiger partial charge >= 0.3 is 0 Å². The second kappa shape index (κ2) is 8.24. The van der Waals surface area contributed by atoms with E-state index in [1.807, 2.05) is 36.4 Å². The zero-order valence-electron chi connectivity index (χ0n) is 13.6. The number of anilines is 1. The topological polar surface area (TPSA) is 66.4 Å². The number of nitrogens with one attached hydrogen (secondary N) is 2. The molecule has 2 N–H and O–H groups in total. The van der Waals surface area contributed by atoms with Crippen LogP contribution in [0.3, 0.4) is 0 Å². The highest BCUT2D eigenvalue weighted by Crippen LogP contribution is 2.20. The first-order chi connectivity index (χ1) is 11.8. The summed E-state index contributed by atoms with van der Waals surface area (Å²) < 4.78 is 0. The molecule has 5 heteroatoms. The number of hydrogen-bond acceptors (Lipinski definition) is 3. The number of pyridine rings is 1. The van der Waals surface area contributed by atoms with Crippen molar-refractivity contribution >= 4 is 17.7 Å². The number of carbonyl (C=O) groups excluding carboxylic acids is 1. The molecule has 5 nitrogen and oxygen atoms in total. The summed E-state index contributed by atoms with van der Waals surface area (Å²) in [4.78, 5) is 21.4. The summed E-state index contributed by atoms with van der Waals surface area (Å²) in [6, 6.07) is 15.0. The average Bonchev–Trinajstić information content (AvgIpc) is 2.64. The predicted molar refractivity (Wildman–Crippen MR) is 96.1 cm³/mol. The summed E-state index contributed by atoms with van der Waals surface area (Å²) in [6.45, 7) is 0. The fourth-order valence-corrected chi connectivity index (χ4v) is 2.82. The van der Waals surface area contributed by atoms with Gasteiger partial charge in [-0.05, 0) is 37.1 Å². The molecule has 1 aliphatic rings. The molecule has 0 spiro atoms. The lowest BCUT2D eigenvalue weighted by Crippen LogP contribution is -2.37. The highest BCUT2D eigenvalue weighted by atomic mass is 16.1. The van der Waals surface area contributed by atoms with Gasteiger partial charge in [-0.1, -0.05) is 43.5 Å². The van der Waals surface area contributed by atoms with Crippen LogP contribution in [0.5, 0.6) is 0 Å². The van der Waals surface area contributed by atoms with E-state index in [0.29, 0.717) is 17.3 Å². The molecule has 0 unspecified atom stereocenters. The van der Waals surface area contributed by atoms with E-state index in [9.17, 15) is 4.79 Å². The number of guanidine groups is 1. The maximum atomic E-state index is 12.4. The van der Waals surface area contributed by atoms with Crippen molar-refractivity contribution in [2.24, 2.45) is 4.99 Å². The summed E-state index contributed by atoms with van der Waals surface area (Å²) in [7, 11) is 0. The summed E-state index contributed by atoms with van der Waals surface area (Å²) in [5.74, 6) is 0.962. The number of hydrogen-bond donors (Lipinski definition) is 2. The van der Waals surface area contributed by atoms with Crippen LogP contribution in [0, 0.1) is 0 Å². The summed E-state index contributed by atoms with van der Waals surface area (Å²) in [6.07, 6.45) is 7.49. The fraction of sp³-hybridized carbons (Fsp3) is 0.316. The summed E-state index contributed by atoms with van der Waals surface area (Å²) in [5.41, 5.74) is 0.608. The molecule has 2 aromatic rings.